The van der Waals surface area contributed by atoms with Gasteiger partial charge in [-0.3, -0.25) is 10.1 Å². The van der Waals surface area contributed by atoms with Gasteiger partial charge in [-0.1, -0.05) is 41.7 Å². The number of amides is 1. The lowest BCUT2D eigenvalue weighted by Gasteiger charge is -2.09. The fourth-order valence-electron chi connectivity index (χ4n) is 2.97. The molecule has 4 rings (SSSR count). The molecule has 8 nitrogen and oxygen atoms in total. The summed E-state index contributed by atoms with van der Waals surface area (Å²) in [7, 11) is 0. The molecule has 29 heavy (non-hydrogen) atoms. The lowest BCUT2D eigenvalue weighted by atomic mass is 10.1. The van der Waals surface area contributed by atoms with Crippen LogP contribution in [0.3, 0.4) is 0 Å². The number of hydrogen-bond donors (Lipinski definition) is 3. The highest BCUT2D eigenvalue weighted by Crippen LogP contribution is 2.20. The Bertz CT molecular complexity index is 1090. The van der Waals surface area contributed by atoms with E-state index in [9.17, 15) is 9.90 Å². The maximum absolute atomic E-state index is 12.2. The summed E-state index contributed by atoms with van der Waals surface area (Å²) in [6, 6.07) is 12.8. The van der Waals surface area contributed by atoms with Crippen LogP contribution in [0.1, 0.15) is 35.2 Å². The molecule has 3 aromatic heterocycles. The molecule has 1 aromatic carbocycles. The first-order valence-electron chi connectivity index (χ1n) is 9.35. The van der Waals surface area contributed by atoms with E-state index in [1.807, 2.05) is 18.3 Å². The number of aliphatic hydroxyl groups excluding tert-OH is 1. The molecular weight excluding hydrogens is 388 g/mol. The molecule has 0 saturated heterocycles. The molecule has 0 saturated carbocycles. The van der Waals surface area contributed by atoms with Gasteiger partial charge in [0.1, 0.15) is 5.01 Å². The maximum Gasteiger partial charge on any atom is 0.259 e. The van der Waals surface area contributed by atoms with E-state index >= 15 is 0 Å². The summed E-state index contributed by atoms with van der Waals surface area (Å²) in [5.74, 6) is -0.516. The van der Waals surface area contributed by atoms with Gasteiger partial charge in [0.25, 0.3) is 5.91 Å². The van der Waals surface area contributed by atoms with Crippen LogP contribution < -0.4 is 5.32 Å². The Morgan fingerprint density at radius 3 is 2.76 bits per heavy atom. The van der Waals surface area contributed by atoms with Gasteiger partial charge >= 0.3 is 0 Å². The molecule has 4 aromatic rings. The minimum absolute atomic E-state index is 0.392. The van der Waals surface area contributed by atoms with E-state index < -0.39 is 12.0 Å². The van der Waals surface area contributed by atoms with Crippen molar-refractivity contribution < 1.29 is 9.90 Å². The average molecular weight is 408 g/mol. The number of hydrogen-bond acceptors (Lipinski definition) is 7. The van der Waals surface area contributed by atoms with Crippen molar-refractivity contribution in [2.45, 2.75) is 31.8 Å². The molecule has 0 spiro atoms. The zero-order valence-electron chi connectivity index (χ0n) is 15.6. The van der Waals surface area contributed by atoms with Crippen LogP contribution in [-0.2, 0) is 17.6 Å². The van der Waals surface area contributed by atoms with Gasteiger partial charge in [0.2, 0.25) is 5.13 Å². The monoisotopic (exact) mass is 408 g/mol. The van der Waals surface area contributed by atoms with Crippen molar-refractivity contribution in [3.63, 3.8) is 0 Å². The third-order valence-corrected chi connectivity index (χ3v) is 5.39. The fraction of sp³-hybridized carbons (Fsp3) is 0.250. The Morgan fingerprint density at radius 2 is 1.90 bits per heavy atom. The van der Waals surface area contributed by atoms with Gasteiger partial charge in [-0.05, 0) is 37.0 Å². The summed E-state index contributed by atoms with van der Waals surface area (Å²) in [6.07, 6.45) is 4.13. The number of fused-ring (bicyclic) bond motifs is 1. The van der Waals surface area contributed by atoms with E-state index in [2.05, 4.69) is 36.8 Å². The highest BCUT2D eigenvalue weighted by atomic mass is 32.1. The summed E-state index contributed by atoms with van der Waals surface area (Å²) in [6.45, 7) is 0. The van der Waals surface area contributed by atoms with Crippen molar-refractivity contribution in [2.75, 3.05) is 5.32 Å². The van der Waals surface area contributed by atoms with Crippen molar-refractivity contribution in [3.8, 4) is 0 Å². The van der Waals surface area contributed by atoms with Crippen LogP contribution in [0.15, 0.2) is 48.7 Å². The van der Waals surface area contributed by atoms with Crippen molar-refractivity contribution >= 4 is 33.4 Å². The first kappa shape index (κ1) is 19.2. The molecule has 3 N–H and O–H groups in total. The molecule has 0 bridgehead atoms. The first-order chi connectivity index (χ1) is 14.2. The summed E-state index contributed by atoms with van der Waals surface area (Å²) >= 11 is 1.33. The number of carbonyl (C=O) groups excluding carboxylic acids is 1. The molecule has 0 aliphatic heterocycles. The Morgan fingerprint density at radius 1 is 1.07 bits per heavy atom. The molecular formula is C20H20N6O2S. The number of unbranched alkanes of at least 4 members (excludes halogenated alkanes) is 1. The van der Waals surface area contributed by atoms with Gasteiger partial charge in [-0.25, -0.2) is 0 Å². The molecule has 0 fully saturated rings. The minimum atomic E-state index is -1.23. The van der Waals surface area contributed by atoms with E-state index in [0.29, 0.717) is 10.7 Å². The average Bonchev–Trinajstić information content (AvgIpc) is 3.40. The number of rotatable bonds is 8. The van der Waals surface area contributed by atoms with Gasteiger partial charge < -0.3 is 10.1 Å². The normalized spacial score (nSPS) is 12.2. The molecule has 9 heteroatoms. The van der Waals surface area contributed by atoms with E-state index in [1.54, 1.807) is 24.3 Å². The number of aromatic amines is 1. The van der Waals surface area contributed by atoms with Crippen molar-refractivity contribution in [3.05, 3.63) is 64.9 Å². The Kier molecular flexibility index (Phi) is 5.87. The second-order valence-electron chi connectivity index (χ2n) is 6.63. The molecule has 0 unspecified atom stereocenters. The van der Waals surface area contributed by atoms with Crippen LogP contribution in [0.4, 0.5) is 5.13 Å². The lowest BCUT2D eigenvalue weighted by molar-refractivity contribution is -0.124. The number of aromatic nitrogens is 5. The van der Waals surface area contributed by atoms with Crippen molar-refractivity contribution in [1.82, 2.24) is 25.4 Å². The van der Waals surface area contributed by atoms with Gasteiger partial charge in [0.15, 0.2) is 11.8 Å². The van der Waals surface area contributed by atoms with Gasteiger partial charge in [0.05, 0.1) is 5.69 Å². The van der Waals surface area contributed by atoms with Gasteiger partial charge in [-0.15, -0.1) is 15.3 Å². The van der Waals surface area contributed by atoms with Crippen molar-refractivity contribution in [1.29, 1.82) is 0 Å². The number of aryl methyl sites for hydroxylation is 2. The Hall–Kier alpha value is -3.17. The number of benzene rings is 1. The molecule has 0 aliphatic rings. The number of aliphatic hydroxyl groups is 1. The Labute approximate surface area is 171 Å². The van der Waals surface area contributed by atoms with Crippen LogP contribution >= 0.6 is 11.3 Å². The van der Waals surface area contributed by atoms with Crippen molar-refractivity contribution in [2.24, 2.45) is 0 Å². The van der Waals surface area contributed by atoms with Crippen LogP contribution in [-0.4, -0.2) is 36.4 Å². The molecule has 0 aliphatic carbocycles. The van der Waals surface area contributed by atoms with E-state index in [1.165, 1.54) is 11.3 Å². The van der Waals surface area contributed by atoms with Crippen LogP contribution in [0, 0.1) is 0 Å². The standard InChI is InChI=1S/C20H20N6O2S/c27-17(13-6-2-1-3-7-13)19(28)22-20-26-24-16(29-20)9-5-4-8-15-12-14-10-11-21-18(14)25-23-15/h1-3,6-7,10-12,17,27H,4-5,8-9H2,(H,21,25)(H,22,26,28)/t17-/m0/s1. The number of nitrogens with one attached hydrogen (secondary N) is 2. The first-order valence-corrected chi connectivity index (χ1v) is 10.2. The summed E-state index contributed by atoms with van der Waals surface area (Å²) < 4.78 is 0. The topological polar surface area (TPSA) is 117 Å². The number of H-pyrrole nitrogens is 1. The fourth-order valence-corrected chi connectivity index (χ4v) is 3.75. The zero-order valence-corrected chi connectivity index (χ0v) is 16.4. The highest BCUT2D eigenvalue weighted by molar-refractivity contribution is 7.15. The predicted octanol–water partition coefficient (Wildman–Crippen LogP) is 3.05. The zero-order chi connectivity index (χ0) is 20.1. The minimum Gasteiger partial charge on any atom is -0.378 e. The molecule has 148 valence electrons. The Balaban J connectivity index is 1.24. The summed E-state index contributed by atoms with van der Waals surface area (Å²) in [5, 5.41) is 31.6. The SMILES string of the molecule is O=C(Nc1nnc(CCCCc2cc3cc[nH]c3nn2)s1)[C@@H](O)c1ccccc1. The van der Waals surface area contributed by atoms with Gasteiger partial charge in [0, 0.05) is 18.0 Å². The highest BCUT2D eigenvalue weighted by Gasteiger charge is 2.18. The second kappa shape index (κ2) is 8.89. The number of anilines is 1. The molecule has 1 atom stereocenters. The third kappa shape index (κ3) is 4.82. The third-order valence-electron chi connectivity index (χ3n) is 4.49. The quantitative estimate of drug-likeness (QED) is 0.386. The second-order valence-corrected chi connectivity index (χ2v) is 7.69. The smallest absolute Gasteiger partial charge is 0.259 e. The van der Waals surface area contributed by atoms with Gasteiger partial charge in [-0.2, -0.15) is 5.10 Å². The van der Waals surface area contributed by atoms with E-state index in [0.717, 1.165) is 47.4 Å². The predicted molar refractivity (Wildman–Crippen MR) is 110 cm³/mol. The van der Waals surface area contributed by atoms with Crippen LogP contribution in [0.5, 0.6) is 0 Å². The van der Waals surface area contributed by atoms with Crippen LogP contribution in [0.25, 0.3) is 11.0 Å². The van der Waals surface area contributed by atoms with E-state index in [4.69, 9.17) is 0 Å². The molecule has 3 heterocycles. The summed E-state index contributed by atoms with van der Waals surface area (Å²) in [4.78, 5) is 15.2. The largest absolute Gasteiger partial charge is 0.378 e. The summed E-state index contributed by atoms with van der Waals surface area (Å²) in [5.41, 5.74) is 2.31. The lowest BCUT2D eigenvalue weighted by Crippen LogP contribution is -2.20. The van der Waals surface area contributed by atoms with Crippen LogP contribution in [0.2, 0.25) is 0 Å². The number of nitrogens with zero attached hydrogens (tertiary/aromatic N) is 4. The van der Waals surface area contributed by atoms with E-state index in [-0.39, 0.29) is 0 Å². The molecule has 0 radical (unpaired) electrons. The number of carbonyl (C=O) groups is 1. The molecule has 1 amide bonds. The maximum atomic E-state index is 12.2.